The van der Waals surface area contributed by atoms with E-state index in [1.54, 1.807) is 18.3 Å². The molecule has 17 heavy (non-hydrogen) atoms. The number of aromatic nitrogens is 1. The van der Waals surface area contributed by atoms with E-state index in [1.165, 1.54) is 0 Å². The Morgan fingerprint density at radius 3 is 2.65 bits per heavy atom. The van der Waals surface area contributed by atoms with E-state index < -0.39 is 6.09 Å². The summed E-state index contributed by atoms with van der Waals surface area (Å²) in [6, 6.07) is 9.04. The van der Waals surface area contributed by atoms with E-state index in [0.29, 0.717) is 11.3 Å². The second-order valence-corrected chi connectivity index (χ2v) is 4.10. The average Bonchev–Trinajstić information content (AvgIpc) is 2.29. The summed E-state index contributed by atoms with van der Waals surface area (Å²) >= 11 is 7.44. The molecule has 7 heteroatoms. The number of para-hydroxylation sites is 1. The Balaban J connectivity index is 0.00000144. The van der Waals surface area contributed by atoms with Gasteiger partial charge in [-0.25, -0.2) is 4.79 Å². The molecule has 2 aromatic rings. The molecule has 0 fully saturated rings. The molecule has 1 aromatic carbocycles. The SMILES string of the molecule is O=C(Oc1cccc2cccnc12)N(S)S.[Cu]. The number of thiol groups is 2. The fourth-order valence-corrected chi connectivity index (χ4v) is 1.38. The molecule has 0 aliphatic heterocycles. The zero-order valence-corrected chi connectivity index (χ0v) is 11.1. The van der Waals surface area contributed by atoms with Crippen LogP contribution in [-0.4, -0.2) is 14.8 Å². The van der Waals surface area contributed by atoms with Crippen molar-refractivity contribution in [2.24, 2.45) is 0 Å². The van der Waals surface area contributed by atoms with Gasteiger partial charge in [0.1, 0.15) is 5.52 Å². The van der Waals surface area contributed by atoms with Crippen molar-refractivity contribution >= 4 is 42.6 Å². The summed E-state index contributed by atoms with van der Waals surface area (Å²) in [5.41, 5.74) is 0.627. The third-order valence-electron chi connectivity index (χ3n) is 1.96. The molecule has 0 unspecified atom stereocenters. The number of amides is 1. The van der Waals surface area contributed by atoms with Crippen molar-refractivity contribution in [2.45, 2.75) is 0 Å². The first-order valence-electron chi connectivity index (χ1n) is 4.42. The zero-order valence-electron chi connectivity index (χ0n) is 8.37. The molecule has 4 nitrogen and oxygen atoms in total. The Morgan fingerprint density at radius 1 is 1.24 bits per heavy atom. The molecule has 1 heterocycles. The Labute approximate surface area is 120 Å². The molecular formula is C10H8CuN2O2S2. The van der Waals surface area contributed by atoms with Gasteiger partial charge in [-0.1, -0.05) is 18.2 Å². The smallest absolute Gasteiger partial charge is 0.407 e. The van der Waals surface area contributed by atoms with Crippen molar-refractivity contribution in [2.75, 3.05) is 0 Å². The van der Waals surface area contributed by atoms with E-state index in [9.17, 15) is 4.79 Å². The third-order valence-corrected chi connectivity index (χ3v) is 2.28. The topological polar surface area (TPSA) is 42.4 Å². The van der Waals surface area contributed by atoms with Crippen LogP contribution in [0, 0.1) is 0 Å². The average molecular weight is 316 g/mol. The van der Waals surface area contributed by atoms with Gasteiger partial charge >= 0.3 is 6.09 Å². The molecule has 0 N–H and O–H groups in total. The molecule has 0 spiro atoms. The maximum absolute atomic E-state index is 11.3. The van der Waals surface area contributed by atoms with Crippen LogP contribution in [0.3, 0.4) is 0 Å². The predicted molar refractivity (Wildman–Crippen MR) is 67.6 cm³/mol. The van der Waals surface area contributed by atoms with Crippen molar-refractivity contribution in [3.05, 3.63) is 36.5 Å². The van der Waals surface area contributed by atoms with Crippen molar-refractivity contribution in [1.29, 1.82) is 0 Å². The van der Waals surface area contributed by atoms with Gasteiger partial charge in [0.05, 0.1) is 0 Å². The maximum atomic E-state index is 11.3. The number of hydrogen-bond donors (Lipinski definition) is 2. The molecule has 0 atom stereocenters. The van der Waals surface area contributed by atoms with Gasteiger partial charge in [0.25, 0.3) is 0 Å². The first-order chi connectivity index (χ1) is 7.68. The van der Waals surface area contributed by atoms with E-state index in [4.69, 9.17) is 4.74 Å². The van der Waals surface area contributed by atoms with E-state index in [1.807, 2.05) is 18.2 Å². The molecular weight excluding hydrogens is 308 g/mol. The minimum absolute atomic E-state index is 0. The molecule has 0 aliphatic carbocycles. The van der Waals surface area contributed by atoms with Gasteiger partial charge in [-0.3, -0.25) is 4.98 Å². The summed E-state index contributed by atoms with van der Waals surface area (Å²) in [4.78, 5) is 15.4. The van der Waals surface area contributed by atoms with E-state index in [-0.39, 0.29) is 17.1 Å². The number of pyridine rings is 1. The summed E-state index contributed by atoms with van der Waals surface area (Å²) in [7, 11) is 0. The van der Waals surface area contributed by atoms with Crippen molar-refractivity contribution in [3.8, 4) is 5.75 Å². The van der Waals surface area contributed by atoms with Crippen LogP contribution < -0.4 is 4.74 Å². The van der Waals surface area contributed by atoms with Gasteiger partial charge in [-0.15, -0.1) is 0 Å². The summed E-state index contributed by atoms with van der Waals surface area (Å²) in [6.45, 7) is 0. The number of hydrogen-bond acceptors (Lipinski definition) is 5. The van der Waals surface area contributed by atoms with Crippen LogP contribution in [0.4, 0.5) is 4.79 Å². The number of fused-ring (bicyclic) bond motifs is 1. The molecule has 93 valence electrons. The molecule has 1 amide bonds. The third kappa shape index (κ3) is 3.29. The first-order valence-corrected chi connectivity index (χ1v) is 5.22. The van der Waals surface area contributed by atoms with Crippen molar-refractivity contribution in [1.82, 2.24) is 8.69 Å². The van der Waals surface area contributed by atoms with Gasteiger partial charge in [0, 0.05) is 28.7 Å². The monoisotopic (exact) mass is 315 g/mol. The summed E-state index contributed by atoms with van der Waals surface area (Å²) < 4.78 is 5.83. The standard InChI is InChI=1S/C10H8N2O2S2.Cu/c13-10(12(15)16)14-8-5-1-3-7-4-2-6-11-9(7)8;/h1-6,15-16H;. The van der Waals surface area contributed by atoms with Crippen LogP contribution in [0.2, 0.25) is 0 Å². The van der Waals surface area contributed by atoms with Crippen molar-refractivity contribution in [3.63, 3.8) is 0 Å². The fourth-order valence-electron chi connectivity index (χ4n) is 1.29. The number of carbonyl (C=O) groups is 1. The van der Waals surface area contributed by atoms with Gasteiger partial charge in [0.2, 0.25) is 0 Å². The molecule has 0 aliphatic rings. The zero-order chi connectivity index (χ0) is 11.5. The normalized spacial score (nSPS) is 9.53. The second-order valence-electron chi connectivity index (χ2n) is 2.99. The molecule has 0 saturated heterocycles. The number of rotatable bonds is 1. The Morgan fingerprint density at radius 2 is 1.94 bits per heavy atom. The quantitative estimate of drug-likeness (QED) is 0.628. The van der Waals surface area contributed by atoms with E-state index in [2.05, 4.69) is 30.6 Å². The molecule has 1 aromatic heterocycles. The Kier molecular flexibility index (Phi) is 5.14. The van der Waals surface area contributed by atoms with Crippen LogP contribution >= 0.6 is 25.6 Å². The van der Waals surface area contributed by atoms with Crippen LogP contribution in [0.25, 0.3) is 10.9 Å². The van der Waals surface area contributed by atoms with Crippen LogP contribution in [0.15, 0.2) is 36.5 Å². The van der Waals surface area contributed by atoms with Crippen LogP contribution in [-0.2, 0) is 17.1 Å². The Hall–Kier alpha value is -0.881. The van der Waals surface area contributed by atoms with Crippen molar-refractivity contribution < 1.29 is 26.6 Å². The number of benzene rings is 1. The minimum atomic E-state index is -0.676. The van der Waals surface area contributed by atoms with Crippen LogP contribution in [0.5, 0.6) is 5.75 Å². The molecule has 0 bridgehead atoms. The first kappa shape index (κ1) is 14.2. The van der Waals surface area contributed by atoms with Gasteiger partial charge < -0.3 is 4.74 Å². The number of carbonyl (C=O) groups excluding carboxylic acids is 1. The largest absolute Gasteiger partial charge is 0.435 e. The molecule has 1 radical (unpaired) electrons. The summed E-state index contributed by atoms with van der Waals surface area (Å²) in [5, 5.41) is 0.901. The second kappa shape index (κ2) is 6.16. The number of ether oxygens (including phenoxy) is 1. The van der Waals surface area contributed by atoms with Gasteiger partial charge in [-0.2, -0.15) is 3.71 Å². The minimum Gasteiger partial charge on any atom is -0.407 e. The molecule has 0 saturated carbocycles. The maximum Gasteiger partial charge on any atom is 0.435 e. The Bertz CT molecular complexity index is 531. The summed E-state index contributed by atoms with van der Waals surface area (Å²) in [5.74, 6) is 0.385. The number of nitrogens with zero attached hydrogens (tertiary/aromatic N) is 2. The van der Waals surface area contributed by atoms with Gasteiger partial charge in [-0.05, 0) is 37.8 Å². The molecule has 2 rings (SSSR count). The van der Waals surface area contributed by atoms with Crippen LogP contribution in [0.1, 0.15) is 0 Å². The van der Waals surface area contributed by atoms with E-state index in [0.717, 1.165) is 9.10 Å². The van der Waals surface area contributed by atoms with E-state index >= 15 is 0 Å². The summed E-state index contributed by atoms with van der Waals surface area (Å²) in [6.07, 6.45) is 0.962. The van der Waals surface area contributed by atoms with Gasteiger partial charge in [0.15, 0.2) is 5.75 Å². The fraction of sp³-hybridized carbons (Fsp3) is 0. The predicted octanol–water partition coefficient (Wildman–Crippen LogP) is 2.72.